The fraction of sp³-hybridized carbons (Fsp3) is 0.231. The van der Waals surface area contributed by atoms with Gasteiger partial charge in [0, 0.05) is 7.05 Å². The smallest absolute Gasteiger partial charge is 0.228 e. The maximum atomic E-state index is 11.0. The van der Waals surface area contributed by atoms with Gasteiger partial charge in [0.05, 0.1) is 11.3 Å². The second-order valence-electron chi connectivity index (χ2n) is 3.96. The molecule has 4 heteroatoms. The SMILES string of the molecule is Cc1ccc(Oc2c(C=O)c(C)nn2C)cc1. The molecule has 2 aromatic rings. The minimum atomic E-state index is 0.473. The van der Waals surface area contributed by atoms with E-state index in [0.29, 0.717) is 22.9 Å². The predicted molar refractivity (Wildman–Crippen MR) is 64.6 cm³/mol. The van der Waals surface area contributed by atoms with Gasteiger partial charge in [-0.2, -0.15) is 5.10 Å². The molecule has 0 radical (unpaired) electrons. The van der Waals surface area contributed by atoms with Gasteiger partial charge in [0.2, 0.25) is 5.88 Å². The highest BCUT2D eigenvalue weighted by Gasteiger charge is 2.14. The molecule has 1 aromatic carbocycles. The number of hydrogen-bond acceptors (Lipinski definition) is 3. The Morgan fingerprint density at radius 1 is 1.24 bits per heavy atom. The molecule has 88 valence electrons. The third kappa shape index (κ3) is 2.20. The summed E-state index contributed by atoms with van der Waals surface area (Å²) in [7, 11) is 1.75. The van der Waals surface area contributed by atoms with E-state index in [4.69, 9.17) is 4.74 Å². The van der Waals surface area contributed by atoms with Crippen molar-refractivity contribution in [2.24, 2.45) is 7.05 Å². The molecule has 0 atom stereocenters. The summed E-state index contributed by atoms with van der Waals surface area (Å²) in [4.78, 5) is 11.0. The average Bonchev–Trinajstić information content (AvgIpc) is 2.57. The fourth-order valence-corrected chi connectivity index (χ4v) is 1.63. The fourth-order valence-electron chi connectivity index (χ4n) is 1.63. The largest absolute Gasteiger partial charge is 0.439 e. The van der Waals surface area contributed by atoms with E-state index < -0.39 is 0 Å². The number of aryl methyl sites for hydroxylation is 3. The molecule has 0 unspecified atom stereocenters. The lowest BCUT2D eigenvalue weighted by atomic mass is 10.2. The molecule has 2 rings (SSSR count). The van der Waals surface area contributed by atoms with Gasteiger partial charge in [-0.05, 0) is 26.0 Å². The number of benzene rings is 1. The van der Waals surface area contributed by atoms with Gasteiger partial charge in [-0.3, -0.25) is 4.79 Å². The van der Waals surface area contributed by atoms with E-state index in [-0.39, 0.29) is 0 Å². The molecular formula is C13H14N2O2. The summed E-state index contributed by atoms with van der Waals surface area (Å²) in [6.07, 6.45) is 0.770. The first-order valence-corrected chi connectivity index (χ1v) is 5.35. The number of hydrogen-bond donors (Lipinski definition) is 0. The van der Waals surface area contributed by atoms with Crippen LogP contribution in [0.25, 0.3) is 0 Å². The van der Waals surface area contributed by atoms with Crippen LogP contribution in [-0.4, -0.2) is 16.1 Å². The number of carbonyl (C=O) groups is 1. The van der Waals surface area contributed by atoms with E-state index >= 15 is 0 Å². The van der Waals surface area contributed by atoms with E-state index in [1.54, 1.807) is 18.7 Å². The Morgan fingerprint density at radius 3 is 2.47 bits per heavy atom. The number of nitrogens with zero attached hydrogens (tertiary/aromatic N) is 2. The zero-order valence-corrected chi connectivity index (χ0v) is 10.1. The Labute approximate surface area is 99.8 Å². The summed E-state index contributed by atoms with van der Waals surface area (Å²) < 4.78 is 7.24. The third-order valence-electron chi connectivity index (χ3n) is 2.57. The molecule has 0 N–H and O–H groups in total. The number of aldehydes is 1. The first-order chi connectivity index (χ1) is 8.11. The Bertz CT molecular complexity index is 541. The summed E-state index contributed by atoms with van der Waals surface area (Å²) in [6, 6.07) is 7.65. The number of rotatable bonds is 3. The summed E-state index contributed by atoms with van der Waals surface area (Å²) in [5.74, 6) is 1.17. The van der Waals surface area contributed by atoms with Crippen molar-refractivity contribution in [1.29, 1.82) is 0 Å². The summed E-state index contributed by atoms with van der Waals surface area (Å²) in [5.41, 5.74) is 2.33. The van der Waals surface area contributed by atoms with Crippen LogP contribution in [0.15, 0.2) is 24.3 Å². The van der Waals surface area contributed by atoms with Crippen LogP contribution in [0.1, 0.15) is 21.6 Å². The topological polar surface area (TPSA) is 44.1 Å². The second-order valence-corrected chi connectivity index (χ2v) is 3.96. The van der Waals surface area contributed by atoms with Crippen LogP contribution < -0.4 is 4.74 Å². The lowest BCUT2D eigenvalue weighted by Gasteiger charge is -2.06. The molecule has 0 saturated carbocycles. The molecule has 0 saturated heterocycles. The monoisotopic (exact) mass is 230 g/mol. The van der Waals surface area contributed by atoms with Crippen LogP contribution in [0.4, 0.5) is 0 Å². The molecule has 1 aromatic heterocycles. The molecule has 4 nitrogen and oxygen atoms in total. The molecule has 0 bridgehead atoms. The van der Waals surface area contributed by atoms with E-state index in [1.807, 2.05) is 31.2 Å². The molecular weight excluding hydrogens is 216 g/mol. The first kappa shape index (κ1) is 11.4. The van der Waals surface area contributed by atoms with E-state index in [1.165, 1.54) is 0 Å². The van der Waals surface area contributed by atoms with E-state index in [0.717, 1.165) is 11.8 Å². The molecule has 0 aliphatic rings. The summed E-state index contributed by atoms with van der Waals surface area (Å²) in [6.45, 7) is 3.79. The van der Waals surface area contributed by atoms with Gasteiger partial charge in [-0.1, -0.05) is 17.7 Å². The van der Waals surface area contributed by atoms with Crippen LogP contribution in [0, 0.1) is 13.8 Å². The summed E-state index contributed by atoms with van der Waals surface area (Å²) >= 11 is 0. The zero-order valence-electron chi connectivity index (χ0n) is 10.1. The van der Waals surface area contributed by atoms with Gasteiger partial charge in [0.25, 0.3) is 0 Å². The lowest BCUT2D eigenvalue weighted by Crippen LogP contribution is -1.96. The number of carbonyl (C=O) groups excluding carboxylic acids is 1. The minimum absolute atomic E-state index is 0.473. The van der Waals surface area contributed by atoms with Crippen molar-refractivity contribution in [1.82, 2.24) is 9.78 Å². The van der Waals surface area contributed by atoms with Crippen molar-refractivity contribution in [2.75, 3.05) is 0 Å². The second kappa shape index (κ2) is 4.41. The van der Waals surface area contributed by atoms with Gasteiger partial charge < -0.3 is 4.74 Å². The average molecular weight is 230 g/mol. The van der Waals surface area contributed by atoms with E-state index in [9.17, 15) is 4.79 Å². The van der Waals surface area contributed by atoms with E-state index in [2.05, 4.69) is 5.10 Å². The van der Waals surface area contributed by atoms with Gasteiger partial charge in [-0.15, -0.1) is 0 Å². The van der Waals surface area contributed by atoms with Crippen molar-refractivity contribution < 1.29 is 9.53 Å². The minimum Gasteiger partial charge on any atom is -0.439 e. The van der Waals surface area contributed by atoms with Crippen LogP contribution in [-0.2, 0) is 7.05 Å². The molecule has 17 heavy (non-hydrogen) atoms. The van der Waals surface area contributed by atoms with Crippen molar-refractivity contribution in [3.63, 3.8) is 0 Å². The van der Waals surface area contributed by atoms with Crippen LogP contribution >= 0.6 is 0 Å². The summed E-state index contributed by atoms with van der Waals surface area (Å²) in [5, 5.41) is 4.16. The zero-order chi connectivity index (χ0) is 12.4. The highest BCUT2D eigenvalue weighted by molar-refractivity contribution is 5.80. The normalized spacial score (nSPS) is 10.3. The molecule has 0 aliphatic heterocycles. The van der Waals surface area contributed by atoms with Gasteiger partial charge in [-0.25, -0.2) is 4.68 Å². The maximum absolute atomic E-state index is 11.0. The molecule has 0 amide bonds. The molecule has 0 fully saturated rings. The Balaban J connectivity index is 2.35. The van der Waals surface area contributed by atoms with Crippen molar-refractivity contribution in [2.45, 2.75) is 13.8 Å². The molecule has 1 heterocycles. The lowest BCUT2D eigenvalue weighted by molar-refractivity contribution is 0.112. The van der Waals surface area contributed by atoms with Crippen LogP contribution in [0.2, 0.25) is 0 Å². The quantitative estimate of drug-likeness (QED) is 0.761. The Morgan fingerprint density at radius 2 is 1.88 bits per heavy atom. The van der Waals surface area contributed by atoms with Crippen LogP contribution in [0.3, 0.4) is 0 Å². The third-order valence-corrected chi connectivity index (χ3v) is 2.57. The van der Waals surface area contributed by atoms with Gasteiger partial charge in [0.1, 0.15) is 5.75 Å². The molecule has 0 aliphatic carbocycles. The number of ether oxygens (including phenoxy) is 1. The highest BCUT2D eigenvalue weighted by Crippen LogP contribution is 2.25. The van der Waals surface area contributed by atoms with Gasteiger partial charge >= 0.3 is 0 Å². The predicted octanol–water partition coefficient (Wildman–Crippen LogP) is 2.64. The first-order valence-electron chi connectivity index (χ1n) is 5.35. The highest BCUT2D eigenvalue weighted by atomic mass is 16.5. The molecule has 0 spiro atoms. The van der Waals surface area contributed by atoms with Crippen molar-refractivity contribution >= 4 is 6.29 Å². The van der Waals surface area contributed by atoms with Gasteiger partial charge in [0.15, 0.2) is 6.29 Å². The Hall–Kier alpha value is -2.10. The maximum Gasteiger partial charge on any atom is 0.228 e. The standard InChI is InChI=1S/C13H14N2O2/c1-9-4-6-11(7-5-9)17-13-12(8-16)10(2)14-15(13)3/h4-8H,1-3H3. The Kier molecular flexibility index (Phi) is 2.95. The van der Waals surface area contributed by atoms with Crippen molar-refractivity contribution in [3.05, 3.63) is 41.1 Å². The van der Waals surface area contributed by atoms with Crippen molar-refractivity contribution in [3.8, 4) is 11.6 Å². The number of aromatic nitrogens is 2. The van der Waals surface area contributed by atoms with Crippen LogP contribution in [0.5, 0.6) is 11.6 Å².